The quantitative estimate of drug-likeness (QED) is 0.872. The van der Waals surface area contributed by atoms with E-state index in [4.69, 9.17) is 9.15 Å². The van der Waals surface area contributed by atoms with E-state index >= 15 is 0 Å². The summed E-state index contributed by atoms with van der Waals surface area (Å²) in [5, 5.41) is 3.05. The zero-order chi connectivity index (χ0) is 16.8. The normalized spacial score (nSPS) is 16.5. The molecule has 24 heavy (non-hydrogen) atoms. The lowest BCUT2D eigenvalue weighted by Gasteiger charge is -2.34. The van der Waals surface area contributed by atoms with Crippen LogP contribution < -0.4 is 10.1 Å². The first-order chi connectivity index (χ1) is 11.8. The fraction of sp³-hybridized carbons (Fsp3) is 0.389. The Kier molecular flexibility index (Phi) is 5.82. The minimum atomic E-state index is -0.0891. The summed E-state index contributed by atoms with van der Waals surface area (Å²) in [6.07, 6.45) is 3.45. The van der Waals surface area contributed by atoms with Crippen LogP contribution in [0.25, 0.3) is 0 Å². The van der Waals surface area contributed by atoms with E-state index in [2.05, 4.69) is 10.2 Å². The Balaban J connectivity index is 1.67. The summed E-state index contributed by atoms with van der Waals surface area (Å²) in [4.78, 5) is 14.9. The van der Waals surface area contributed by atoms with Crippen molar-refractivity contribution >= 4 is 17.7 Å². The molecule has 128 valence electrons. The summed E-state index contributed by atoms with van der Waals surface area (Å²) in [5.41, 5.74) is 1.71. The number of benzene rings is 1. The highest BCUT2D eigenvalue weighted by atomic mass is 32.2. The van der Waals surface area contributed by atoms with E-state index in [1.165, 1.54) is 0 Å². The van der Waals surface area contributed by atoms with Crippen LogP contribution in [0.2, 0.25) is 0 Å². The van der Waals surface area contributed by atoms with Gasteiger partial charge in [0, 0.05) is 42.3 Å². The Labute approximate surface area is 146 Å². The summed E-state index contributed by atoms with van der Waals surface area (Å²) < 4.78 is 10.4. The van der Waals surface area contributed by atoms with Crippen LogP contribution in [-0.4, -0.2) is 49.1 Å². The molecule has 1 aliphatic heterocycles. The largest absolute Gasteiger partial charge is 0.497 e. The molecule has 1 fully saturated rings. The van der Waals surface area contributed by atoms with E-state index < -0.39 is 0 Å². The van der Waals surface area contributed by atoms with Crippen molar-refractivity contribution in [3.05, 3.63) is 54.0 Å². The molecule has 1 aliphatic rings. The monoisotopic (exact) mass is 346 g/mol. The van der Waals surface area contributed by atoms with Gasteiger partial charge in [-0.2, -0.15) is 11.8 Å². The van der Waals surface area contributed by atoms with Crippen LogP contribution in [0, 0.1) is 0 Å². The second-order valence-electron chi connectivity index (χ2n) is 5.66. The number of rotatable bonds is 6. The van der Waals surface area contributed by atoms with E-state index in [0.717, 1.165) is 30.2 Å². The minimum absolute atomic E-state index is 0.0891. The van der Waals surface area contributed by atoms with Crippen molar-refractivity contribution in [2.24, 2.45) is 0 Å². The van der Waals surface area contributed by atoms with Gasteiger partial charge in [0.05, 0.1) is 25.7 Å². The van der Waals surface area contributed by atoms with Crippen LogP contribution in [0.15, 0.2) is 47.3 Å². The third-order valence-electron chi connectivity index (χ3n) is 4.20. The fourth-order valence-corrected chi connectivity index (χ4v) is 3.80. The molecule has 0 aliphatic carbocycles. The molecule has 0 saturated carbocycles. The summed E-state index contributed by atoms with van der Waals surface area (Å²) in [6.45, 7) is 2.60. The van der Waals surface area contributed by atoms with Crippen molar-refractivity contribution in [3.63, 3.8) is 0 Å². The Morgan fingerprint density at radius 2 is 2.21 bits per heavy atom. The van der Waals surface area contributed by atoms with E-state index in [1.54, 1.807) is 31.8 Å². The van der Waals surface area contributed by atoms with Crippen LogP contribution >= 0.6 is 11.8 Å². The highest BCUT2D eigenvalue weighted by Crippen LogP contribution is 2.24. The molecular formula is C18H22N2O3S. The molecule has 3 rings (SSSR count). The van der Waals surface area contributed by atoms with Gasteiger partial charge in [-0.15, -0.1) is 0 Å². The minimum Gasteiger partial charge on any atom is -0.497 e. The van der Waals surface area contributed by atoms with Crippen molar-refractivity contribution in [2.75, 3.05) is 38.2 Å². The maximum absolute atomic E-state index is 12.5. The third kappa shape index (κ3) is 4.13. The van der Waals surface area contributed by atoms with Gasteiger partial charge in [0.2, 0.25) is 0 Å². The van der Waals surface area contributed by atoms with Gasteiger partial charge in [0.1, 0.15) is 5.75 Å². The Morgan fingerprint density at radius 3 is 2.92 bits per heavy atom. The molecule has 0 radical (unpaired) electrons. The first-order valence-corrected chi connectivity index (χ1v) is 9.19. The van der Waals surface area contributed by atoms with Crippen LogP contribution in [-0.2, 0) is 0 Å². The number of furan rings is 1. The van der Waals surface area contributed by atoms with Gasteiger partial charge >= 0.3 is 0 Å². The van der Waals surface area contributed by atoms with E-state index in [9.17, 15) is 4.79 Å². The van der Waals surface area contributed by atoms with E-state index in [-0.39, 0.29) is 11.9 Å². The summed E-state index contributed by atoms with van der Waals surface area (Å²) in [5.74, 6) is 2.84. The Bertz CT molecular complexity index is 654. The SMILES string of the molecule is COc1cccc(C(=O)NC[C@@H](c2ccoc2)N2CCSCC2)c1. The lowest BCUT2D eigenvalue weighted by Crippen LogP contribution is -2.41. The van der Waals surface area contributed by atoms with E-state index in [0.29, 0.717) is 17.9 Å². The van der Waals surface area contributed by atoms with Gasteiger partial charge in [-0.3, -0.25) is 9.69 Å². The second kappa shape index (κ2) is 8.26. The molecule has 1 saturated heterocycles. The van der Waals surface area contributed by atoms with Gasteiger partial charge in [0.15, 0.2) is 0 Å². The number of nitrogens with zero attached hydrogens (tertiary/aromatic N) is 1. The standard InChI is InChI=1S/C18H22N2O3S/c1-22-16-4-2-3-14(11-16)18(21)19-12-17(15-5-8-23-13-15)20-6-9-24-10-7-20/h2-5,8,11,13,17H,6-7,9-10,12H2,1H3,(H,19,21)/t17-/m0/s1. The number of nitrogens with one attached hydrogen (secondary N) is 1. The predicted molar refractivity (Wildman–Crippen MR) is 95.7 cm³/mol. The van der Waals surface area contributed by atoms with Crippen LogP contribution in [0.1, 0.15) is 22.0 Å². The highest BCUT2D eigenvalue weighted by Gasteiger charge is 2.24. The molecule has 1 aromatic heterocycles. The molecule has 1 aromatic carbocycles. The van der Waals surface area contributed by atoms with Crippen molar-refractivity contribution < 1.29 is 13.9 Å². The topological polar surface area (TPSA) is 54.7 Å². The van der Waals surface area contributed by atoms with Crippen molar-refractivity contribution in [1.82, 2.24) is 10.2 Å². The summed E-state index contributed by atoms with van der Waals surface area (Å²) >= 11 is 1.97. The molecule has 1 N–H and O–H groups in total. The van der Waals surface area contributed by atoms with Gasteiger partial charge < -0.3 is 14.5 Å². The molecule has 1 amide bonds. The number of hydrogen-bond acceptors (Lipinski definition) is 5. The zero-order valence-corrected chi connectivity index (χ0v) is 14.6. The zero-order valence-electron chi connectivity index (χ0n) is 13.7. The maximum atomic E-state index is 12.5. The number of thioether (sulfide) groups is 1. The molecule has 6 heteroatoms. The average molecular weight is 346 g/mol. The Hall–Kier alpha value is -1.92. The number of amides is 1. The summed E-state index contributed by atoms with van der Waals surface area (Å²) in [6, 6.07) is 9.31. The van der Waals surface area contributed by atoms with Gasteiger partial charge in [-0.25, -0.2) is 0 Å². The molecular weight excluding hydrogens is 324 g/mol. The number of ether oxygens (including phenoxy) is 1. The highest BCUT2D eigenvalue weighted by molar-refractivity contribution is 7.99. The van der Waals surface area contributed by atoms with Gasteiger partial charge in [0.25, 0.3) is 5.91 Å². The number of methoxy groups -OCH3 is 1. The molecule has 1 atom stereocenters. The van der Waals surface area contributed by atoms with Gasteiger partial charge in [-0.1, -0.05) is 6.07 Å². The van der Waals surface area contributed by atoms with Crippen molar-refractivity contribution in [1.29, 1.82) is 0 Å². The number of carbonyl (C=O) groups is 1. The fourth-order valence-electron chi connectivity index (χ4n) is 2.87. The molecule has 5 nitrogen and oxygen atoms in total. The smallest absolute Gasteiger partial charge is 0.251 e. The van der Waals surface area contributed by atoms with Gasteiger partial charge in [-0.05, 0) is 24.3 Å². The van der Waals surface area contributed by atoms with Crippen LogP contribution in [0.4, 0.5) is 0 Å². The third-order valence-corrected chi connectivity index (χ3v) is 5.14. The first kappa shape index (κ1) is 16.9. The van der Waals surface area contributed by atoms with Crippen molar-refractivity contribution in [2.45, 2.75) is 6.04 Å². The summed E-state index contributed by atoms with van der Waals surface area (Å²) in [7, 11) is 1.60. The van der Waals surface area contributed by atoms with E-state index in [1.807, 2.05) is 30.0 Å². The molecule has 2 heterocycles. The molecule has 0 unspecified atom stereocenters. The molecule has 2 aromatic rings. The predicted octanol–water partition coefficient (Wildman–Crippen LogP) is 2.81. The second-order valence-corrected chi connectivity index (χ2v) is 6.89. The lowest BCUT2D eigenvalue weighted by atomic mass is 10.1. The number of hydrogen-bond donors (Lipinski definition) is 1. The average Bonchev–Trinajstić information content (AvgIpc) is 3.17. The Morgan fingerprint density at radius 1 is 1.38 bits per heavy atom. The number of carbonyl (C=O) groups excluding carboxylic acids is 1. The molecule has 0 spiro atoms. The first-order valence-electron chi connectivity index (χ1n) is 8.04. The van der Waals surface area contributed by atoms with Crippen LogP contribution in [0.3, 0.4) is 0 Å². The van der Waals surface area contributed by atoms with Crippen LogP contribution in [0.5, 0.6) is 5.75 Å². The maximum Gasteiger partial charge on any atom is 0.251 e. The van der Waals surface area contributed by atoms with Crippen molar-refractivity contribution in [3.8, 4) is 5.75 Å². The lowest BCUT2D eigenvalue weighted by molar-refractivity contribution is 0.0934. The molecule has 0 bridgehead atoms.